The van der Waals surface area contributed by atoms with E-state index in [0.717, 1.165) is 14.9 Å². The van der Waals surface area contributed by atoms with Crippen molar-refractivity contribution >= 4 is 55.6 Å². The first-order valence-corrected chi connectivity index (χ1v) is 10.5. The van der Waals surface area contributed by atoms with Gasteiger partial charge in [-0.3, -0.25) is 14.9 Å². The molecule has 2 heterocycles. The fourth-order valence-electron chi connectivity index (χ4n) is 2.59. The highest BCUT2D eigenvalue weighted by atomic mass is 35.5. The molecule has 1 fully saturated rings. The van der Waals surface area contributed by atoms with Gasteiger partial charge in [-0.15, -0.1) is 11.3 Å². The number of halogens is 1. The molecule has 1 N–H and O–H groups in total. The summed E-state index contributed by atoms with van der Waals surface area (Å²) in [6.45, 7) is 5.30. The molecule has 1 unspecified atom stereocenters. The Labute approximate surface area is 160 Å². The summed E-state index contributed by atoms with van der Waals surface area (Å²) in [4.78, 5) is 29.8. The van der Waals surface area contributed by atoms with Gasteiger partial charge in [0.2, 0.25) is 15.9 Å². The maximum absolute atomic E-state index is 12.4. The molecule has 1 aliphatic rings. The first-order valence-electron chi connectivity index (χ1n) is 7.72. The minimum absolute atomic E-state index is 0.0487. The molecule has 0 radical (unpaired) electrons. The zero-order valence-corrected chi connectivity index (χ0v) is 16.6. The molecule has 0 bridgehead atoms. The highest BCUT2D eigenvalue weighted by Crippen LogP contribution is 2.32. The van der Waals surface area contributed by atoms with Crippen LogP contribution in [0.15, 0.2) is 18.2 Å². The number of aromatic nitrogens is 1. The molecule has 1 aliphatic heterocycles. The number of thiazole rings is 1. The van der Waals surface area contributed by atoms with E-state index < -0.39 is 27.8 Å². The van der Waals surface area contributed by atoms with Gasteiger partial charge in [-0.25, -0.2) is 17.7 Å². The van der Waals surface area contributed by atoms with E-state index in [1.54, 1.807) is 6.92 Å². The molecular formula is C16H16ClN3O4S2. The molecule has 3 rings (SSSR count). The summed E-state index contributed by atoms with van der Waals surface area (Å²) >= 11 is 7.52. The summed E-state index contributed by atoms with van der Waals surface area (Å²) in [5.74, 6) is -1.82. The smallest absolute Gasteiger partial charge is 0.258 e. The van der Waals surface area contributed by atoms with Gasteiger partial charge in [0.15, 0.2) is 5.13 Å². The fourth-order valence-corrected chi connectivity index (χ4v) is 5.47. The summed E-state index contributed by atoms with van der Waals surface area (Å²) in [5.41, 5.74) is 1.12. The quantitative estimate of drug-likeness (QED) is 0.834. The van der Waals surface area contributed by atoms with E-state index in [-0.39, 0.29) is 22.0 Å². The molecule has 10 heteroatoms. The number of amides is 2. The van der Waals surface area contributed by atoms with Crippen LogP contribution in [0.4, 0.5) is 10.8 Å². The van der Waals surface area contributed by atoms with Crippen LogP contribution in [0.3, 0.4) is 0 Å². The number of nitrogens with one attached hydrogen (secondary N) is 1. The van der Waals surface area contributed by atoms with Gasteiger partial charge in [-0.1, -0.05) is 18.5 Å². The van der Waals surface area contributed by atoms with Crippen molar-refractivity contribution in [1.29, 1.82) is 0 Å². The van der Waals surface area contributed by atoms with Gasteiger partial charge in [-0.05, 0) is 32.0 Å². The van der Waals surface area contributed by atoms with Crippen LogP contribution in [0, 0.1) is 19.8 Å². The van der Waals surface area contributed by atoms with Crippen LogP contribution in [0.2, 0.25) is 5.02 Å². The van der Waals surface area contributed by atoms with E-state index in [0.29, 0.717) is 5.13 Å². The summed E-state index contributed by atoms with van der Waals surface area (Å²) in [6.07, 6.45) is 0. The number of carbonyl (C=O) groups excluding carboxylic acids is 2. The maximum atomic E-state index is 12.4. The molecule has 26 heavy (non-hydrogen) atoms. The van der Waals surface area contributed by atoms with Crippen molar-refractivity contribution in [2.24, 2.45) is 5.92 Å². The van der Waals surface area contributed by atoms with Crippen LogP contribution in [-0.4, -0.2) is 31.0 Å². The van der Waals surface area contributed by atoms with Gasteiger partial charge in [0.25, 0.3) is 5.91 Å². The Morgan fingerprint density at radius 1 is 1.38 bits per heavy atom. The monoisotopic (exact) mass is 413 g/mol. The Balaban J connectivity index is 1.88. The Morgan fingerprint density at radius 2 is 2.08 bits per heavy atom. The van der Waals surface area contributed by atoms with Gasteiger partial charge in [-0.2, -0.15) is 0 Å². The minimum Gasteiger partial charge on any atom is -0.298 e. The predicted octanol–water partition coefficient (Wildman–Crippen LogP) is 2.98. The van der Waals surface area contributed by atoms with Crippen molar-refractivity contribution in [3.63, 3.8) is 0 Å². The van der Waals surface area contributed by atoms with Crippen molar-refractivity contribution in [3.05, 3.63) is 39.4 Å². The zero-order valence-electron chi connectivity index (χ0n) is 14.2. The molecule has 2 amide bonds. The molecule has 1 aromatic heterocycles. The first-order chi connectivity index (χ1) is 12.1. The third kappa shape index (κ3) is 3.34. The normalized spacial score (nSPS) is 19.0. The Bertz CT molecular complexity index is 997. The van der Waals surface area contributed by atoms with Crippen LogP contribution >= 0.6 is 22.9 Å². The minimum atomic E-state index is -3.72. The second-order valence-electron chi connectivity index (χ2n) is 6.06. The predicted molar refractivity (Wildman–Crippen MR) is 101 cm³/mol. The molecule has 0 saturated carbocycles. The summed E-state index contributed by atoms with van der Waals surface area (Å²) in [7, 11) is -3.72. The largest absolute Gasteiger partial charge is 0.298 e. The van der Waals surface area contributed by atoms with Gasteiger partial charge in [0.05, 0.1) is 33.6 Å². The van der Waals surface area contributed by atoms with Crippen LogP contribution in [0.1, 0.15) is 27.9 Å². The highest BCUT2D eigenvalue weighted by Gasteiger charge is 2.42. The Morgan fingerprint density at radius 3 is 2.58 bits per heavy atom. The second kappa shape index (κ2) is 6.64. The van der Waals surface area contributed by atoms with Gasteiger partial charge in [0.1, 0.15) is 0 Å². The molecule has 1 aromatic carbocycles. The number of hydrogen-bond acceptors (Lipinski definition) is 6. The number of carbonyl (C=O) groups is 2. The Kier molecular flexibility index (Phi) is 4.80. The second-order valence-corrected chi connectivity index (χ2v) is 9.53. The van der Waals surface area contributed by atoms with Gasteiger partial charge in [0, 0.05) is 4.88 Å². The summed E-state index contributed by atoms with van der Waals surface area (Å²) in [6, 6.07) is 4.10. The van der Waals surface area contributed by atoms with E-state index in [1.165, 1.54) is 29.5 Å². The molecular weight excluding hydrogens is 398 g/mol. The lowest BCUT2D eigenvalue weighted by molar-refractivity contribution is -0.119. The van der Waals surface area contributed by atoms with Crippen molar-refractivity contribution < 1.29 is 18.0 Å². The lowest BCUT2D eigenvalue weighted by Crippen LogP contribution is -2.30. The van der Waals surface area contributed by atoms with E-state index in [1.807, 2.05) is 13.8 Å². The fraction of sp³-hybridized carbons (Fsp3) is 0.312. The third-order valence-electron chi connectivity index (χ3n) is 4.04. The van der Waals surface area contributed by atoms with Crippen LogP contribution in [0.25, 0.3) is 0 Å². The number of nitrogens with zero attached hydrogens (tertiary/aromatic N) is 2. The molecule has 1 saturated heterocycles. The van der Waals surface area contributed by atoms with Crippen LogP contribution < -0.4 is 9.62 Å². The lowest BCUT2D eigenvalue weighted by atomic mass is 10.1. The average Bonchev–Trinajstić information content (AvgIpc) is 2.94. The lowest BCUT2D eigenvalue weighted by Gasteiger charge is -2.16. The number of aryl methyl sites for hydroxylation is 2. The van der Waals surface area contributed by atoms with Crippen molar-refractivity contribution in [1.82, 2.24) is 4.98 Å². The zero-order chi connectivity index (χ0) is 19.2. The van der Waals surface area contributed by atoms with Crippen molar-refractivity contribution in [3.8, 4) is 0 Å². The standard InChI is InChI=1S/C16H16ClN3O4S2/c1-8-7-26(23,24)20(15(8)22)11-4-5-12(13(17)6-11)14(21)19-16-18-9(2)10(3)25-16/h4-6,8H,7H2,1-3H3,(H,18,19,21). The van der Waals surface area contributed by atoms with E-state index in [9.17, 15) is 18.0 Å². The number of rotatable bonds is 3. The van der Waals surface area contributed by atoms with Crippen molar-refractivity contribution in [2.75, 3.05) is 15.4 Å². The molecule has 0 spiro atoms. The van der Waals surface area contributed by atoms with Crippen LogP contribution in [0.5, 0.6) is 0 Å². The van der Waals surface area contributed by atoms with Crippen LogP contribution in [-0.2, 0) is 14.8 Å². The molecule has 7 nitrogen and oxygen atoms in total. The molecule has 1 atom stereocenters. The number of benzene rings is 1. The van der Waals surface area contributed by atoms with E-state index in [4.69, 9.17) is 11.6 Å². The van der Waals surface area contributed by atoms with E-state index >= 15 is 0 Å². The van der Waals surface area contributed by atoms with E-state index in [2.05, 4.69) is 10.3 Å². The third-order valence-corrected chi connectivity index (χ3v) is 7.21. The average molecular weight is 414 g/mol. The topological polar surface area (TPSA) is 96.4 Å². The van der Waals surface area contributed by atoms with Gasteiger partial charge < -0.3 is 0 Å². The summed E-state index contributed by atoms with van der Waals surface area (Å²) in [5, 5.41) is 3.17. The first kappa shape index (κ1) is 18.8. The molecule has 0 aliphatic carbocycles. The Hall–Kier alpha value is -1.97. The number of hydrogen-bond donors (Lipinski definition) is 1. The number of sulfonamides is 1. The van der Waals surface area contributed by atoms with Crippen molar-refractivity contribution in [2.45, 2.75) is 20.8 Å². The highest BCUT2D eigenvalue weighted by molar-refractivity contribution is 7.94. The molecule has 2 aromatic rings. The maximum Gasteiger partial charge on any atom is 0.258 e. The molecule has 138 valence electrons. The summed E-state index contributed by atoms with van der Waals surface area (Å²) < 4.78 is 25.1. The van der Waals surface area contributed by atoms with Gasteiger partial charge >= 0.3 is 0 Å². The number of anilines is 2. The SMILES string of the molecule is Cc1nc(NC(=O)c2ccc(N3C(=O)C(C)CS3(=O)=O)cc2Cl)sc1C.